The van der Waals surface area contributed by atoms with Crippen molar-refractivity contribution < 1.29 is 4.74 Å². The Morgan fingerprint density at radius 2 is 2.00 bits per heavy atom. The second kappa shape index (κ2) is 6.61. The van der Waals surface area contributed by atoms with Crippen LogP contribution in [0.1, 0.15) is 41.6 Å². The zero-order chi connectivity index (χ0) is 16.5. The van der Waals surface area contributed by atoms with Crippen LogP contribution in [0.3, 0.4) is 0 Å². The summed E-state index contributed by atoms with van der Waals surface area (Å²) >= 11 is 0. The van der Waals surface area contributed by atoms with Crippen LogP contribution in [0.5, 0.6) is 0 Å². The summed E-state index contributed by atoms with van der Waals surface area (Å²) in [7, 11) is 0. The predicted octanol–water partition coefficient (Wildman–Crippen LogP) is 3.45. The molecule has 0 amide bonds. The van der Waals surface area contributed by atoms with Crippen molar-refractivity contribution in [3.05, 3.63) is 59.2 Å². The van der Waals surface area contributed by atoms with Gasteiger partial charge in [-0.1, -0.05) is 29.8 Å². The van der Waals surface area contributed by atoms with Gasteiger partial charge >= 0.3 is 0 Å². The third-order valence-electron chi connectivity index (χ3n) is 5.29. The second-order valence-electron chi connectivity index (χ2n) is 7.20. The van der Waals surface area contributed by atoms with Crippen molar-refractivity contribution in [1.82, 2.24) is 14.9 Å². The molecule has 0 aliphatic carbocycles. The molecule has 1 aromatic carbocycles. The predicted molar refractivity (Wildman–Crippen MR) is 93.6 cm³/mol. The SMILES string of the molecule is Cc1ccc(CN2CC[C@H]3C[C@@H](c4ccnc(C)n4)O[C@@H]3C2)cc1. The maximum absolute atomic E-state index is 6.36. The Labute approximate surface area is 143 Å². The Morgan fingerprint density at radius 3 is 2.79 bits per heavy atom. The van der Waals surface area contributed by atoms with Crippen molar-refractivity contribution >= 4 is 0 Å². The molecule has 2 aliphatic rings. The molecule has 1 aromatic heterocycles. The summed E-state index contributed by atoms with van der Waals surface area (Å²) in [5.74, 6) is 1.49. The number of fused-ring (bicyclic) bond motifs is 1. The minimum absolute atomic E-state index is 0.140. The number of rotatable bonds is 3. The molecule has 0 unspecified atom stereocenters. The monoisotopic (exact) mass is 323 g/mol. The molecule has 3 heterocycles. The van der Waals surface area contributed by atoms with E-state index in [1.54, 1.807) is 0 Å². The van der Waals surface area contributed by atoms with E-state index >= 15 is 0 Å². The Balaban J connectivity index is 1.39. The lowest BCUT2D eigenvalue weighted by atomic mass is 9.91. The van der Waals surface area contributed by atoms with E-state index < -0.39 is 0 Å². The summed E-state index contributed by atoms with van der Waals surface area (Å²) in [5.41, 5.74) is 3.75. The molecule has 0 spiro atoms. The van der Waals surface area contributed by atoms with Crippen molar-refractivity contribution in [2.75, 3.05) is 13.1 Å². The van der Waals surface area contributed by atoms with Gasteiger partial charge in [-0.15, -0.1) is 0 Å². The van der Waals surface area contributed by atoms with Gasteiger partial charge in [0.1, 0.15) is 11.9 Å². The quantitative estimate of drug-likeness (QED) is 0.867. The maximum atomic E-state index is 6.36. The molecule has 2 aliphatic heterocycles. The number of ether oxygens (including phenoxy) is 1. The number of aromatic nitrogens is 2. The molecule has 3 atom stereocenters. The highest BCUT2D eigenvalue weighted by Gasteiger charge is 2.40. The molecule has 4 rings (SSSR count). The van der Waals surface area contributed by atoms with E-state index in [-0.39, 0.29) is 6.10 Å². The van der Waals surface area contributed by atoms with Crippen molar-refractivity contribution in [3.63, 3.8) is 0 Å². The smallest absolute Gasteiger partial charge is 0.125 e. The maximum Gasteiger partial charge on any atom is 0.125 e. The molecular weight excluding hydrogens is 298 g/mol. The van der Waals surface area contributed by atoms with E-state index in [9.17, 15) is 0 Å². The van der Waals surface area contributed by atoms with Crippen molar-refractivity contribution in [3.8, 4) is 0 Å². The molecule has 24 heavy (non-hydrogen) atoms. The van der Waals surface area contributed by atoms with Crippen molar-refractivity contribution in [2.24, 2.45) is 5.92 Å². The van der Waals surface area contributed by atoms with Crippen LogP contribution in [0.4, 0.5) is 0 Å². The summed E-state index contributed by atoms with van der Waals surface area (Å²) in [6.45, 7) is 7.28. The molecule has 0 radical (unpaired) electrons. The van der Waals surface area contributed by atoms with Crippen LogP contribution in [-0.4, -0.2) is 34.1 Å². The molecule has 2 fully saturated rings. The number of aryl methyl sites for hydroxylation is 2. The standard InChI is InChI=1S/C20H25N3O/c1-14-3-5-16(6-4-14)12-23-10-8-17-11-19(24-20(17)13-23)18-7-9-21-15(2)22-18/h3-7,9,17,19-20H,8,10-13H2,1-2H3/t17-,19-,20+/m0/s1. The van der Waals surface area contributed by atoms with E-state index in [1.165, 1.54) is 17.5 Å². The van der Waals surface area contributed by atoms with Gasteiger partial charge in [-0.2, -0.15) is 0 Å². The highest BCUT2D eigenvalue weighted by Crippen LogP contribution is 2.40. The molecule has 0 saturated carbocycles. The van der Waals surface area contributed by atoms with E-state index in [0.717, 1.165) is 37.6 Å². The Kier molecular flexibility index (Phi) is 4.33. The second-order valence-corrected chi connectivity index (χ2v) is 7.20. The fourth-order valence-electron chi connectivity index (χ4n) is 3.93. The van der Waals surface area contributed by atoms with Gasteiger partial charge < -0.3 is 4.74 Å². The Hall–Kier alpha value is -1.78. The molecular formula is C20H25N3O. The molecule has 2 aromatic rings. The van der Waals surface area contributed by atoms with Gasteiger partial charge in [0.2, 0.25) is 0 Å². The summed E-state index contributed by atoms with van der Waals surface area (Å²) in [6, 6.07) is 10.9. The van der Waals surface area contributed by atoms with Crippen LogP contribution < -0.4 is 0 Å². The number of piperidine rings is 1. The molecule has 4 nitrogen and oxygen atoms in total. The number of likely N-dealkylation sites (tertiary alicyclic amines) is 1. The lowest BCUT2D eigenvalue weighted by Crippen LogP contribution is -2.41. The summed E-state index contributed by atoms with van der Waals surface area (Å²) in [5, 5.41) is 0. The first-order valence-electron chi connectivity index (χ1n) is 8.90. The third kappa shape index (κ3) is 3.35. The van der Waals surface area contributed by atoms with Crippen molar-refractivity contribution in [1.29, 1.82) is 0 Å². The van der Waals surface area contributed by atoms with Crippen LogP contribution in [0.25, 0.3) is 0 Å². The average Bonchev–Trinajstić information content (AvgIpc) is 3.00. The minimum atomic E-state index is 0.140. The summed E-state index contributed by atoms with van der Waals surface area (Å²) < 4.78 is 6.36. The van der Waals surface area contributed by atoms with Crippen molar-refractivity contribution in [2.45, 2.75) is 45.4 Å². The van der Waals surface area contributed by atoms with E-state index in [0.29, 0.717) is 12.0 Å². The van der Waals surface area contributed by atoms with E-state index in [4.69, 9.17) is 4.74 Å². The molecule has 4 heteroatoms. The zero-order valence-corrected chi connectivity index (χ0v) is 14.5. The highest BCUT2D eigenvalue weighted by molar-refractivity contribution is 5.21. The Bertz CT molecular complexity index is 700. The fourth-order valence-corrected chi connectivity index (χ4v) is 3.93. The number of nitrogens with zero attached hydrogens (tertiary/aromatic N) is 3. The molecule has 0 N–H and O–H groups in total. The topological polar surface area (TPSA) is 38.2 Å². The molecule has 126 valence electrons. The van der Waals surface area contributed by atoms with Gasteiger partial charge in [-0.05, 0) is 50.8 Å². The summed E-state index contributed by atoms with van der Waals surface area (Å²) in [6.07, 6.45) is 4.63. The molecule has 0 bridgehead atoms. The van der Waals surface area contributed by atoms with Crippen LogP contribution in [-0.2, 0) is 11.3 Å². The minimum Gasteiger partial charge on any atom is -0.367 e. The van der Waals surface area contributed by atoms with Gasteiger partial charge in [0.05, 0.1) is 11.8 Å². The Morgan fingerprint density at radius 1 is 1.17 bits per heavy atom. The normalized spacial score (nSPS) is 27.2. The van der Waals surface area contributed by atoms with Gasteiger partial charge in [-0.25, -0.2) is 9.97 Å². The first-order valence-corrected chi connectivity index (χ1v) is 8.90. The van der Waals surface area contributed by atoms with Crippen LogP contribution >= 0.6 is 0 Å². The first kappa shape index (κ1) is 15.7. The lowest BCUT2D eigenvalue weighted by molar-refractivity contribution is -0.0107. The zero-order valence-electron chi connectivity index (χ0n) is 14.5. The van der Waals surface area contributed by atoms with Gasteiger partial charge in [0.25, 0.3) is 0 Å². The van der Waals surface area contributed by atoms with E-state index in [2.05, 4.69) is 46.1 Å². The van der Waals surface area contributed by atoms with Crippen LogP contribution in [0.15, 0.2) is 36.5 Å². The third-order valence-corrected chi connectivity index (χ3v) is 5.29. The number of hydrogen-bond donors (Lipinski definition) is 0. The first-order chi connectivity index (χ1) is 11.7. The summed E-state index contributed by atoms with van der Waals surface area (Å²) in [4.78, 5) is 11.3. The largest absolute Gasteiger partial charge is 0.367 e. The average molecular weight is 323 g/mol. The van der Waals surface area contributed by atoms with Gasteiger partial charge in [-0.3, -0.25) is 4.90 Å². The molecule has 2 saturated heterocycles. The van der Waals surface area contributed by atoms with Gasteiger partial charge in [0, 0.05) is 19.3 Å². The lowest BCUT2D eigenvalue weighted by Gasteiger charge is -2.34. The number of hydrogen-bond acceptors (Lipinski definition) is 4. The number of benzene rings is 1. The van der Waals surface area contributed by atoms with Crippen LogP contribution in [0.2, 0.25) is 0 Å². The fraction of sp³-hybridized carbons (Fsp3) is 0.500. The van der Waals surface area contributed by atoms with E-state index in [1.807, 2.05) is 19.2 Å². The van der Waals surface area contributed by atoms with Crippen LogP contribution in [0, 0.1) is 19.8 Å². The highest BCUT2D eigenvalue weighted by atomic mass is 16.5. The van der Waals surface area contributed by atoms with Gasteiger partial charge in [0.15, 0.2) is 0 Å².